The van der Waals surface area contributed by atoms with Gasteiger partial charge in [-0.2, -0.15) is 0 Å². The number of benzene rings is 2. The van der Waals surface area contributed by atoms with Gasteiger partial charge in [0.2, 0.25) is 0 Å². The first-order valence-electron chi connectivity index (χ1n) is 5.50. The number of allylic oxidation sites excluding steroid dienone is 1. The molecule has 0 aliphatic carbocycles. The summed E-state index contributed by atoms with van der Waals surface area (Å²) in [6.45, 7) is 0. The highest BCUT2D eigenvalue weighted by atomic mass is 79.9. The molecule has 2 aromatic rings. The molecule has 2 aromatic carbocycles. The maximum atomic E-state index is 12.0. The molecular weight excluding hydrogens is 347 g/mol. The maximum absolute atomic E-state index is 12.0. The minimum Gasteiger partial charge on any atom is -0.289 e. The summed E-state index contributed by atoms with van der Waals surface area (Å²) in [7, 11) is 0. The second-order valence-corrected chi connectivity index (χ2v) is 5.54. The van der Waals surface area contributed by atoms with Crippen LogP contribution in [0.25, 0.3) is 6.08 Å². The van der Waals surface area contributed by atoms with Gasteiger partial charge in [0.1, 0.15) is 0 Å². The standard InChI is InChI=1S/C15H9BrCl2O/c16-13-4-2-1-3-10(13)5-8-15(19)12-7-6-11(17)9-14(12)18/h1-9H. The van der Waals surface area contributed by atoms with Crippen molar-refractivity contribution in [2.24, 2.45) is 0 Å². The van der Waals surface area contributed by atoms with Gasteiger partial charge in [-0.3, -0.25) is 4.79 Å². The number of halogens is 3. The molecular formula is C15H9BrCl2O. The van der Waals surface area contributed by atoms with Crippen LogP contribution in [0.4, 0.5) is 0 Å². The van der Waals surface area contributed by atoms with Crippen molar-refractivity contribution < 1.29 is 4.79 Å². The lowest BCUT2D eigenvalue weighted by molar-refractivity contribution is 0.104. The van der Waals surface area contributed by atoms with E-state index < -0.39 is 0 Å². The van der Waals surface area contributed by atoms with Crippen LogP contribution >= 0.6 is 39.1 Å². The van der Waals surface area contributed by atoms with Crippen LogP contribution in [0.5, 0.6) is 0 Å². The number of carbonyl (C=O) groups is 1. The minimum absolute atomic E-state index is 0.155. The Balaban J connectivity index is 2.24. The SMILES string of the molecule is O=C(C=Cc1ccccc1Br)c1ccc(Cl)cc1Cl. The predicted molar refractivity (Wildman–Crippen MR) is 84.0 cm³/mol. The van der Waals surface area contributed by atoms with Gasteiger partial charge in [-0.15, -0.1) is 0 Å². The molecule has 0 amide bonds. The van der Waals surface area contributed by atoms with Gasteiger partial charge < -0.3 is 0 Å². The fourth-order valence-corrected chi connectivity index (χ4v) is 2.47. The summed E-state index contributed by atoms with van der Waals surface area (Å²) < 4.78 is 0.932. The first-order valence-corrected chi connectivity index (χ1v) is 7.05. The summed E-state index contributed by atoms with van der Waals surface area (Å²) in [6, 6.07) is 12.5. The lowest BCUT2D eigenvalue weighted by atomic mass is 10.1. The summed E-state index contributed by atoms with van der Waals surface area (Å²) in [6.07, 6.45) is 3.24. The largest absolute Gasteiger partial charge is 0.289 e. The summed E-state index contributed by atoms with van der Waals surface area (Å²) in [5, 5.41) is 0.866. The zero-order chi connectivity index (χ0) is 13.8. The van der Waals surface area contributed by atoms with Gasteiger partial charge in [0.15, 0.2) is 5.78 Å². The summed E-state index contributed by atoms with van der Waals surface area (Å²) in [4.78, 5) is 12.0. The molecule has 1 nitrogen and oxygen atoms in total. The van der Waals surface area contributed by atoms with Crippen LogP contribution in [0.2, 0.25) is 10.0 Å². The van der Waals surface area contributed by atoms with Crippen LogP contribution in [0.15, 0.2) is 53.0 Å². The molecule has 0 bridgehead atoms. The molecule has 0 unspecified atom stereocenters. The van der Waals surface area contributed by atoms with E-state index in [1.807, 2.05) is 24.3 Å². The summed E-state index contributed by atoms with van der Waals surface area (Å²) in [5.41, 5.74) is 1.37. The quantitative estimate of drug-likeness (QED) is 0.513. The summed E-state index contributed by atoms with van der Waals surface area (Å²) in [5.74, 6) is -0.155. The van der Waals surface area contributed by atoms with Crippen molar-refractivity contribution >= 4 is 51.0 Å². The Kier molecular flexibility index (Phi) is 4.81. The Hall–Kier alpha value is -1.09. The fourth-order valence-electron chi connectivity index (χ4n) is 1.55. The third-order valence-electron chi connectivity index (χ3n) is 2.52. The van der Waals surface area contributed by atoms with E-state index in [1.54, 1.807) is 24.3 Å². The number of carbonyl (C=O) groups excluding carboxylic acids is 1. The van der Waals surface area contributed by atoms with Crippen LogP contribution in [0, 0.1) is 0 Å². The van der Waals surface area contributed by atoms with Gasteiger partial charge in [-0.25, -0.2) is 0 Å². The molecule has 2 rings (SSSR count). The van der Waals surface area contributed by atoms with Gasteiger partial charge >= 0.3 is 0 Å². The van der Waals surface area contributed by atoms with Crippen LogP contribution in [-0.2, 0) is 0 Å². The molecule has 0 aliphatic heterocycles. The Bertz CT molecular complexity index is 650. The average Bonchev–Trinajstić information content (AvgIpc) is 2.37. The van der Waals surface area contributed by atoms with Crippen molar-refractivity contribution in [3.63, 3.8) is 0 Å². The molecule has 4 heteroatoms. The molecule has 0 spiro atoms. The topological polar surface area (TPSA) is 17.1 Å². The van der Waals surface area contributed by atoms with E-state index in [2.05, 4.69) is 15.9 Å². The molecule has 0 fully saturated rings. The zero-order valence-corrected chi connectivity index (χ0v) is 12.8. The second-order valence-electron chi connectivity index (χ2n) is 3.84. The van der Waals surface area contributed by atoms with Crippen molar-refractivity contribution in [3.8, 4) is 0 Å². The van der Waals surface area contributed by atoms with E-state index in [-0.39, 0.29) is 5.78 Å². The van der Waals surface area contributed by atoms with E-state index in [1.165, 1.54) is 6.08 Å². The molecule has 0 saturated carbocycles. The lowest BCUT2D eigenvalue weighted by Crippen LogP contribution is -1.95. The zero-order valence-electron chi connectivity index (χ0n) is 9.74. The van der Waals surface area contributed by atoms with Gasteiger partial charge in [0, 0.05) is 15.1 Å². The number of ketones is 1. The van der Waals surface area contributed by atoms with E-state index in [9.17, 15) is 4.79 Å². The van der Waals surface area contributed by atoms with Gasteiger partial charge in [0.05, 0.1) is 5.02 Å². The molecule has 0 heterocycles. The van der Waals surface area contributed by atoms with Crippen molar-refractivity contribution in [1.29, 1.82) is 0 Å². The highest BCUT2D eigenvalue weighted by Crippen LogP contribution is 2.22. The molecule has 19 heavy (non-hydrogen) atoms. The number of hydrogen-bond donors (Lipinski definition) is 0. The molecule has 96 valence electrons. The Morgan fingerprint density at radius 3 is 2.53 bits per heavy atom. The van der Waals surface area contributed by atoms with Crippen molar-refractivity contribution in [1.82, 2.24) is 0 Å². The van der Waals surface area contributed by atoms with E-state index in [4.69, 9.17) is 23.2 Å². The van der Waals surface area contributed by atoms with Crippen LogP contribution < -0.4 is 0 Å². The molecule has 0 aliphatic rings. The van der Waals surface area contributed by atoms with Crippen molar-refractivity contribution in [3.05, 3.63) is 74.2 Å². The highest BCUT2D eigenvalue weighted by Gasteiger charge is 2.07. The second kappa shape index (κ2) is 6.38. The third-order valence-corrected chi connectivity index (χ3v) is 3.79. The molecule has 0 atom stereocenters. The van der Waals surface area contributed by atoms with E-state index >= 15 is 0 Å². The molecule has 0 N–H and O–H groups in total. The monoisotopic (exact) mass is 354 g/mol. The smallest absolute Gasteiger partial charge is 0.187 e. The Labute approximate surface area is 130 Å². The first-order chi connectivity index (χ1) is 9.08. The van der Waals surface area contributed by atoms with Gasteiger partial charge in [-0.1, -0.05) is 57.3 Å². The number of rotatable bonds is 3. The van der Waals surface area contributed by atoms with Crippen molar-refractivity contribution in [2.75, 3.05) is 0 Å². The highest BCUT2D eigenvalue weighted by molar-refractivity contribution is 9.10. The Morgan fingerprint density at radius 1 is 1.11 bits per heavy atom. The molecule has 0 radical (unpaired) electrons. The number of hydrogen-bond acceptors (Lipinski definition) is 1. The van der Waals surface area contributed by atoms with E-state index in [0.29, 0.717) is 15.6 Å². The maximum Gasteiger partial charge on any atom is 0.187 e. The predicted octanol–water partition coefficient (Wildman–Crippen LogP) is 5.65. The molecule has 0 saturated heterocycles. The van der Waals surface area contributed by atoms with Crippen LogP contribution in [0.3, 0.4) is 0 Å². The van der Waals surface area contributed by atoms with Crippen LogP contribution in [-0.4, -0.2) is 5.78 Å². The summed E-state index contributed by atoms with van der Waals surface area (Å²) >= 11 is 15.2. The normalized spacial score (nSPS) is 10.9. The van der Waals surface area contributed by atoms with Crippen molar-refractivity contribution in [2.45, 2.75) is 0 Å². The minimum atomic E-state index is -0.155. The Morgan fingerprint density at radius 2 is 1.84 bits per heavy atom. The van der Waals surface area contributed by atoms with Gasteiger partial charge in [-0.05, 0) is 42.0 Å². The van der Waals surface area contributed by atoms with E-state index in [0.717, 1.165) is 10.0 Å². The average molecular weight is 356 g/mol. The molecule has 0 aromatic heterocycles. The van der Waals surface area contributed by atoms with Gasteiger partial charge in [0.25, 0.3) is 0 Å². The first kappa shape index (κ1) is 14.3. The fraction of sp³-hybridized carbons (Fsp3) is 0. The third kappa shape index (κ3) is 3.69. The lowest BCUT2D eigenvalue weighted by Gasteiger charge is -2.01. The van der Waals surface area contributed by atoms with Crippen LogP contribution in [0.1, 0.15) is 15.9 Å².